The number of anilines is 1. The van der Waals surface area contributed by atoms with Gasteiger partial charge in [0.15, 0.2) is 0 Å². The third-order valence-electron chi connectivity index (χ3n) is 5.59. The van der Waals surface area contributed by atoms with E-state index in [2.05, 4.69) is 14.9 Å². The van der Waals surface area contributed by atoms with E-state index >= 15 is 0 Å². The molecule has 0 radical (unpaired) electrons. The van der Waals surface area contributed by atoms with Crippen LogP contribution >= 0.6 is 0 Å². The van der Waals surface area contributed by atoms with Gasteiger partial charge in [-0.15, -0.1) is 0 Å². The van der Waals surface area contributed by atoms with Crippen LogP contribution in [0.5, 0.6) is 5.75 Å². The minimum absolute atomic E-state index is 0.0445. The van der Waals surface area contributed by atoms with E-state index in [0.29, 0.717) is 35.7 Å². The number of nitrogens with one attached hydrogen (secondary N) is 2. The van der Waals surface area contributed by atoms with Crippen molar-refractivity contribution in [3.05, 3.63) is 53.6 Å². The van der Waals surface area contributed by atoms with Gasteiger partial charge < -0.3 is 19.9 Å². The second kappa shape index (κ2) is 10.3. The van der Waals surface area contributed by atoms with Crippen LogP contribution in [0, 0.1) is 6.92 Å². The van der Waals surface area contributed by atoms with E-state index in [1.165, 1.54) is 26.2 Å². The van der Waals surface area contributed by atoms with E-state index in [-0.39, 0.29) is 10.8 Å². The molecule has 1 fully saturated rings. The molecule has 2 amide bonds. The Hall–Kier alpha value is -2.95. The molecule has 2 N–H and O–H groups in total. The van der Waals surface area contributed by atoms with E-state index in [4.69, 9.17) is 4.74 Å². The number of hydrogen-bond donors (Lipinski definition) is 2. The smallest absolute Gasteiger partial charge is 0.253 e. The Balaban J connectivity index is 1.60. The summed E-state index contributed by atoms with van der Waals surface area (Å²) in [6.45, 7) is 6.24. The SMILES string of the molecule is COc1ccc(S(=O)(=O)N[C@H](C)C(=O)Nc2ccc(C(=O)N3CCN(C)CC3)cc2)cc1C. The summed E-state index contributed by atoms with van der Waals surface area (Å²) in [6.07, 6.45) is 0. The number of likely N-dealkylation sites (N-methyl/N-ethyl adjacent to an activating group) is 1. The molecule has 1 aliphatic heterocycles. The molecular weight excluding hydrogens is 444 g/mol. The maximum Gasteiger partial charge on any atom is 0.253 e. The van der Waals surface area contributed by atoms with Gasteiger partial charge in [0.25, 0.3) is 5.91 Å². The first kappa shape index (κ1) is 24.7. The number of aryl methyl sites for hydroxylation is 1. The van der Waals surface area contributed by atoms with E-state index in [9.17, 15) is 18.0 Å². The highest BCUT2D eigenvalue weighted by Crippen LogP contribution is 2.21. The van der Waals surface area contributed by atoms with Crippen molar-refractivity contribution in [2.45, 2.75) is 24.8 Å². The van der Waals surface area contributed by atoms with Crippen LogP contribution < -0.4 is 14.8 Å². The third kappa shape index (κ3) is 6.10. The predicted molar refractivity (Wildman–Crippen MR) is 126 cm³/mol. The predicted octanol–water partition coefficient (Wildman–Crippen LogP) is 1.70. The molecule has 178 valence electrons. The molecule has 0 bridgehead atoms. The van der Waals surface area contributed by atoms with Crippen molar-refractivity contribution in [1.29, 1.82) is 0 Å². The quantitative estimate of drug-likeness (QED) is 0.632. The van der Waals surface area contributed by atoms with E-state index in [1.807, 2.05) is 11.9 Å². The molecule has 0 saturated carbocycles. The molecule has 1 heterocycles. The summed E-state index contributed by atoms with van der Waals surface area (Å²) >= 11 is 0. The van der Waals surface area contributed by atoms with E-state index in [0.717, 1.165) is 13.1 Å². The molecule has 1 atom stereocenters. The highest BCUT2D eigenvalue weighted by Gasteiger charge is 2.23. The number of methoxy groups -OCH3 is 1. The molecule has 0 spiro atoms. The fraction of sp³-hybridized carbons (Fsp3) is 0.391. The molecule has 1 aliphatic rings. The van der Waals surface area contributed by atoms with Crippen LogP contribution in [0.4, 0.5) is 5.69 Å². The summed E-state index contributed by atoms with van der Waals surface area (Å²) in [5.74, 6) is 0.0214. The maximum absolute atomic E-state index is 12.7. The molecule has 0 unspecified atom stereocenters. The molecule has 2 aromatic carbocycles. The molecule has 0 aliphatic carbocycles. The van der Waals surface area contributed by atoms with Gasteiger partial charge in [0, 0.05) is 37.4 Å². The first-order chi connectivity index (χ1) is 15.6. The number of benzene rings is 2. The molecular formula is C23H30N4O5S. The van der Waals surface area contributed by atoms with Crippen LogP contribution in [0.15, 0.2) is 47.4 Å². The van der Waals surface area contributed by atoms with Crippen molar-refractivity contribution in [2.75, 3.05) is 45.7 Å². The second-order valence-corrected chi connectivity index (χ2v) is 9.85. The third-order valence-corrected chi connectivity index (χ3v) is 7.13. The Kier molecular flexibility index (Phi) is 7.72. The summed E-state index contributed by atoms with van der Waals surface area (Å²) in [7, 11) is -0.362. The lowest BCUT2D eigenvalue weighted by Gasteiger charge is -2.32. The van der Waals surface area contributed by atoms with Gasteiger partial charge in [-0.05, 0) is 68.9 Å². The average molecular weight is 475 g/mol. The lowest BCUT2D eigenvalue weighted by Crippen LogP contribution is -2.47. The van der Waals surface area contributed by atoms with Crippen LogP contribution in [0.2, 0.25) is 0 Å². The van der Waals surface area contributed by atoms with Gasteiger partial charge in [-0.25, -0.2) is 8.42 Å². The first-order valence-corrected chi connectivity index (χ1v) is 12.1. The normalized spacial score (nSPS) is 15.7. The van der Waals surface area contributed by atoms with Gasteiger partial charge in [0.2, 0.25) is 15.9 Å². The standard InChI is InChI=1S/C23H30N4O5S/c1-16-15-20(9-10-21(16)32-4)33(30,31)25-17(2)22(28)24-19-7-5-18(6-8-19)23(29)27-13-11-26(3)12-14-27/h5-10,15,17,25H,11-14H2,1-4H3,(H,24,28)/t17-/m1/s1. The molecule has 9 nitrogen and oxygen atoms in total. The maximum atomic E-state index is 12.7. The molecule has 0 aromatic heterocycles. The number of hydrogen-bond acceptors (Lipinski definition) is 6. The Labute approximate surface area is 194 Å². The Morgan fingerprint density at radius 1 is 1.03 bits per heavy atom. The zero-order chi connectivity index (χ0) is 24.2. The van der Waals surface area contributed by atoms with Gasteiger partial charge >= 0.3 is 0 Å². The summed E-state index contributed by atoms with van der Waals surface area (Å²) in [5.41, 5.74) is 1.69. The minimum Gasteiger partial charge on any atom is -0.496 e. The summed E-state index contributed by atoms with van der Waals surface area (Å²) in [5, 5.41) is 2.68. The van der Waals surface area contributed by atoms with Gasteiger partial charge in [-0.3, -0.25) is 9.59 Å². The topological polar surface area (TPSA) is 108 Å². The second-order valence-electron chi connectivity index (χ2n) is 8.14. The number of carbonyl (C=O) groups is 2. The number of ether oxygens (including phenoxy) is 1. The lowest BCUT2D eigenvalue weighted by molar-refractivity contribution is -0.117. The molecule has 10 heteroatoms. The molecule has 1 saturated heterocycles. The molecule has 3 rings (SSSR count). The van der Waals surface area contributed by atoms with Crippen molar-refractivity contribution >= 4 is 27.5 Å². The van der Waals surface area contributed by atoms with Crippen molar-refractivity contribution in [3.63, 3.8) is 0 Å². The zero-order valence-corrected chi connectivity index (χ0v) is 20.1. The summed E-state index contributed by atoms with van der Waals surface area (Å²) in [4.78, 5) is 29.2. The number of piperazine rings is 1. The van der Waals surface area contributed by atoms with Gasteiger partial charge in [0.05, 0.1) is 18.0 Å². The number of nitrogens with zero attached hydrogens (tertiary/aromatic N) is 2. The zero-order valence-electron chi connectivity index (χ0n) is 19.3. The fourth-order valence-corrected chi connectivity index (χ4v) is 4.80. The molecule has 2 aromatic rings. The highest BCUT2D eigenvalue weighted by atomic mass is 32.2. The summed E-state index contributed by atoms with van der Waals surface area (Å²) in [6, 6.07) is 10.1. The van der Waals surface area contributed by atoms with Gasteiger partial charge in [-0.1, -0.05) is 0 Å². The lowest BCUT2D eigenvalue weighted by atomic mass is 10.1. The Morgan fingerprint density at radius 2 is 1.67 bits per heavy atom. The fourth-order valence-electron chi connectivity index (χ4n) is 3.51. The Bertz CT molecular complexity index is 1110. The van der Waals surface area contributed by atoms with Crippen LogP contribution in [0.3, 0.4) is 0 Å². The number of carbonyl (C=O) groups excluding carboxylic acids is 2. The van der Waals surface area contributed by atoms with Gasteiger partial charge in [0.1, 0.15) is 5.75 Å². The van der Waals surface area contributed by atoms with Crippen LogP contribution in [0.1, 0.15) is 22.8 Å². The van der Waals surface area contributed by atoms with Crippen LogP contribution in [-0.2, 0) is 14.8 Å². The van der Waals surface area contributed by atoms with E-state index in [1.54, 1.807) is 37.3 Å². The summed E-state index contributed by atoms with van der Waals surface area (Å²) < 4.78 is 32.9. The first-order valence-electron chi connectivity index (χ1n) is 10.7. The largest absolute Gasteiger partial charge is 0.496 e. The minimum atomic E-state index is -3.90. The number of sulfonamides is 1. The van der Waals surface area contributed by atoms with Crippen molar-refractivity contribution < 1.29 is 22.7 Å². The average Bonchev–Trinajstić information content (AvgIpc) is 2.79. The van der Waals surface area contributed by atoms with Gasteiger partial charge in [-0.2, -0.15) is 4.72 Å². The van der Waals surface area contributed by atoms with Crippen molar-refractivity contribution in [3.8, 4) is 5.75 Å². The number of amides is 2. The molecule has 33 heavy (non-hydrogen) atoms. The van der Waals surface area contributed by atoms with Crippen LogP contribution in [-0.4, -0.2) is 76.4 Å². The van der Waals surface area contributed by atoms with Crippen molar-refractivity contribution in [2.24, 2.45) is 0 Å². The van der Waals surface area contributed by atoms with Crippen LogP contribution in [0.25, 0.3) is 0 Å². The number of rotatable bonds is 7. The van der Waals surface area contributed by atoms with Crippen molar-refractivity contribution in [1.82, 2.24) is 14.5 Å². The highest BCUT2D eigenvalue weighted by molar-refractivity contribution is 7.89. The van der Waals surface area contributed by atoms with E-state index < -0.39 is 22.0 Å². The Morgan fingerprint density at radius 3 is 2.24 bits per heavy atom. The monoisotopic (exact) mass is 474 g/mol.